The van der Waals surface area contributed by atoms with E-state index < -0.39 is 0 Å². The van der Waals surface area contributed by atoms with Crippen LogP contribution in [-0.2, 0) is 4.79 Å². The van der Waals surface area contributed by atoms with Crippen molar-refractivity contribution < 1.29 is 9.59 Å². The summed E-state index contributed by atoms with van der Waals surface area (Å²) in [5, 5.41) is 10.9. The van der Waals surface area contributed by atoms with Crippen molar-refractivity contribution in [2.75, 3.05) is 10.6 Å². The van der Waals surface area contributed by atoms with Crippen LogP contribution in [0, 0.1) is 6.92 Å². The lowest BCUT2D eigenvalue weighted by Gasteiger charge is -2.03. The van der Waals surface area contributed by atoms with Gasteiger partial charge in [-0.15, -0.1) is 34.0 Å². The van der Waals surface area contributed by atoms with Gasteiger partial charge in [-0.25, -0.2) is 9.97 Å². The molecule has 146 valence electrons. The van der Waals surface area contributed by atoms with Crippen molar-refractivity contribution >= 4 is 56.6 Å². The first kappa shape index (κ1) is 19.4. The maximum absolute atomic E-state index is 12.7. The Morgan fingerprint density at radius 2 is 1.79 bits per heavy atom. The zero-order valence-corrected chi connectivity index (χ0v) is 18.0. The van der Waals surface area contributed by atoms with Gasteiger partial charge in [0.1, 0.15) is 9.88 Å². The summed E-state index contributed by atoms with van der Waals surface area (Å²) in [5.74, 6) is -0.318. The van der Waals surface area contributed by atoms with E-state index in [1.54, 1.807) is 11.3 Å². The zero-order valence-electron chi connectivity index (χ0n) is 15.6. The second-order valence-electron chi connectivity index (χ2n) is 6.16. The van der Waals surface area contributed by atoms with E-state index in [1.807, 2.05) is 54.1 Å². The second-order valence-corrected chi connectivity index (χ2v) is 8.97. The topological polar surface area (TPSA) is 84.0 Å². The molecule has 2 amide bonds. The molecule has 0 fully saturated rings. The number of anilines is 2. The monoisotopic (exact) mass is 440 g/mol. The summed E-state index contributed by atoms with van der Waals surface area (Å²) in [6.45, 7) is 3.31. The number of hydrogen-bond donors (Lipinski definition) is 2. The van der Waals surface area contributed by atoms with Gasteiger partial charge in [-0.1, -0.05) is 18.2 Å². The highest BCUT2D eigenvalue weighted by Crippen LogP contribution is 2.32. The lowest BCUT2D eigenvalue weighted by molar-refractivity contribution is -0.114. The van der Waals surface area contributed by atoms with Gasteiger partial charge in [-0.05, 0) is 30.5 Å². The molecule has 29 heavy (non-hydrogen) atoms. The summed E-state index contributed by atoms with van der Waals surface area (Å²) in [6.07, 6.45) is 0. The number of thiazole rings is 2. The molecule has 4 rings (SSSR count). The number of carbonyl (C=O) groups excluding carboxylic acids is 2. The lowest BCUT2D eigenvalue weighted by atomic mass is 10.1. The average Bonchev–Trinajstić information content (AvgIpc) is 3.42. The summed E-state index contributed by atoms with van der Waals surface area (Å²) in [5.41, 5.74) is 3.11. The minimum absolute atomic E-state index is 0.114. The Bertz CT molecular complexity index is 1160. The molecule has 3 aromatic heterocycles. The molecule has 0 radical (unpaired) electrons. The molecule has 0 atom stereocenters. The fourth-order valence-electron chi connectivity index (χ4n) is 2.66. The van der Waals surface area contributed by atoms with Crippen LogP contribution in [0.15, 0.2) is 47.2 Å². The molecule has 2 N–H and O–H groups in total. The smallest absolute Gasteiger partial charge is 0.269 e. The first-order chi connectivity index (χ1) is 14.0. The van der Waals surface area contributed by atoms with Crippen molar-refractivity contribution in [1.82, 2.24) is 9.97 Å². The fraction of sp³-hybridized carbons (Fsp3) is 0.100. The first-order valence-corrected chi connectivity index (χ1v) is 11.2. The molecule has 0 unspecified atom stereocenters. The summed E-state index contributed by atoms with van der Waals surface area (Å²) >= 11 is 4.35. The van der Waals surface area contributed by atoms with Crippen molar-refractivity contribution in [1.29, 1.82) is 0 Å². The Morgan fingerprint density at radius 1 is 1.00 bits per heavy atom. The number of benzene rings is 1. The molecule has 9 heteroatoms. The minimum atomic E-state index is -0.204. The molecule has 0 aliphatic carbocycles. The Kier molecular flexibility index (Phi) is 5.52. The van der Waals surface area contributed by atoms with Crippen LogP contribution in [0.3, 0.4) is 0 Å². The van der Waals surface area contributed by atoms with Gasteiger partial charge in [0.25, 0.3) is 5.91 Å². The molecular weight excluding hydrogens is 424 g/mol. The number of amides is 2. The largest absolute Gasteiger partial charge is 0.326 e. The third-order valence-corrected chi connectivity index (χ3v) is 6.91. The number of carbonyl (C=O) groups is 2. The highest BCUT2D eigenvalue weighted by molar-refractivity contribution is 7.22. The van der Waals surface area contributed by atoms with Crippen molar-refractivity contribution in [3.63, 3.8) is 0 Å². The van der Waals surface area contributed by atoms with Crippen molar-refractivity contribution in [3.8, 4) is 21.1 Å². The van der Waals surface area contributed by atoms with Crippen molar-refractivity contribution in [2.45, 2.75) is 13.8 Å². The molecule has 0 aliphatic heterocycles. The van der Waals surface area contributed by atoms with Crippen LogP contribution in [0.2, 0.25) is 0 Å². The van der Waals surface area contributed by atoms with E-state index in [2.05, 4.69) is 20.6 Å². The van der Waals surface area contributed by atoms with E-state index in [9.17, 15) is 9.59 Å². The van der Waals surface area contributed by atoms with Gasteiger partial charge in [0.2, 0.25) is 5.91 Å². The first-order valence-electron chi connectivity index (χ1n) is 8.66. The molecule has 4 aromatic rings. The van der Waals surface area contributed by atoms with Crippen LogP contribution in [0.4, 0.5) is 10.8 Å². The van der Waals surface area contributed by atoms with E-state index in [1.165, 1.54) is 29.6 Å². The van der Waals surface area contributed by atoms with Crippen molar-refractivity contribution in [3.05, 3.63) is 57.7 Å². The molecule has 0 saturated carbocycles. The van der Waals surface area contributed by atoms with E-state index in [4.69, 9.17) is 0 Å². The predicted molar refractivity (Wildman–Crippen MR) is 120 cm³/mol. The summed E-state index contributed by atoms with van der Waals surface area (Å²) in [6, 6.07) is 11.4. The highest BCUT2D eigenvalue weighted by atomic mass is 32.1. The SMILES string of the molecule is CC(=O)Nc1ccc(-c2csc(NC(=O)c3sc(-c4cccs4)nc3C)n2)cc1. The van der Waals surface area contributed by atoms with Crippen LogP contribution in [0.1, 0.15) is 22.3 Å². The lowest BCUT2D eigenvalue weighted by Crippen LogP contribution is -2.11. The molecule has 6 nitrogen and oxygen atoms in total. The number of nitrogens with zero attached hydrogens (tertiary/aromatic N) is 2. The van der Waals surface area contributed by atoms with E-state index in [0.29, 0.717) is 15.7 Å². The molecular formula is C20H16N4O2S3. The third kappa shape index (κ3) is 4.42. The van der Waals surface area contributed by atoms with E-state index >= 15 is 0 Å². The Hall–Kier alpha value is -2.88. The number of aryl methyl sites for hydroxylation is 1. The summed E-state index contributed by atoms with van der Waals surface area (Å²) < 4.78 is 0. The predicted octanol–water partition coefficient (Wildman–Crippen LogP) is 5.51. The van der Waals surface area contributed by atoms with Gasteiger partial charge in [0.15, 0.2) is 5.13 Å². The highest BCUT2D eigenvalue weighted by Gasteiger charge is 2.18. The Labute approximate surface area is 179 Å². The number of aromatic nitrogens is 2. The quantitative estimate of drug-likeness (QED) is 0.428. The maximum Gasteiger partial charge on any atom is 0.269 e. The van der Waals surface area contributed by atoms with Gasteiger partial charge in [0.05, 0.1) is 16.3 Å². The number of thiophene rings is 1. The number of rotatable bonds is 5. The second kappa shape index (κ2) is 8.24. The van der Waals surface area contributed by atoms with Crippen molar-refractivity contribution in [2.24, 2.45) is 0 Å². The van der Waals surface area contributed by atoms with Crippen LogP contribution in [0.5, 0.6) is 0 Å². The normalized spacial score (nSPS) is 10.7. The van der Waals surface area contributed by atoms with Gasteiger partial charge < -0.3 is 5.32 Å². The van der Waals surface area contributed by atoms with Gasteiger partial charge in [-0.3, -0.25) is 14.9 Å². The number of hydrogen-bond acceptors (Lipinski definition) is 7. The van der Waals surface area contributed by atoms with E-state index in [-0.39, 0.29) is 11.8 Å². The van der Waals surface area contributed by atoms with Crippen LogP contribution in [-0.4, -0.2) is 21.8 Å². The van der Waals surface area contributed by atoms with Crippen LogP contribution >= 0.6 is 34.0 Å². The van der Waals surface area contributed by atoms with Gasteiger partial charge >= 0.3 is 0 Å². The third-order valence-electron chi connectivity index (χ3n) is 3.96. The van der Waals surface area contributed by atoms with E-state index in [0.717, 1.165) is 26.8 Å². The fourth-order valence-corrected chi connectivity index (χ4v) is 5.13. The molecule has 3 heterocycles. The Balaban J connectivity index is 1.48. The Morgan fingerprint density at radius 3 is 2.48 bits per heavy atom. The average molecular weight is 441 g/mol. The summed E-state index contributed by atoms with van der Waals surface area (Å²) in [7, 11) is 0. The summed E-state index contributed by atoms with van der Waals surface area (Å²) in [4.78, 5) is 34.5. The van der Waals surface area contributed by atoms with Crippen LogP contribution in [0.25, 0.3) is 21.1 Å². The molecule has 1 aromatic carbocycles. The standard InChI is InChI=1S/C20H16N4O2S3/c1-11-17(29-19(21-11)16-4-3-9-27-16)18(26)24-20-23-15(10-28-20)13-5-7-14(8-6-13)22-12(2)25/h3-10H,1-2H3,(H,22,25)(H,23,24,26). The minimum Gasteiger partial charge on any atom is -0.326 e. The maximum atomic E-state index is 12.7. The number of nitrogens with one attached hydrogen (secondary N) is 2. The molecule has 0 saturated heterocycles. The van der Waals surface area contributed by atoms with Crippen LogP contribution < -0.4 is 10.6 Å². The molecule has 0 bridgehead atoms. The van der Waals surface area contributed by atoms with Gasteiger partial charge in [-0.2, -0.15) is 0 Å². The zero-order chi connectivity index (χ0) is 20.4. The molecule has 0 spiro atoms. The van der Waals surface area contributed by atoms with Gasteiger partial charge in [0, 0.05) is 23.6 Å². The molecule has 0 aliphatic rings.